The number of rotatable bonds is 6. The summed E-state index contributed by atoms with van der Waals surface area (Å²) in [7, 11) is 3.25. The first-order valence-corrected chi connectivity index (χ1v) is 12.4. The average molecular weight is 556 g/mol. The van der Waals surface area contributed by atoms with Crippen molar-refractivity contribution in [3.8, 4) is 11.0 Å². The molecule has 5 rings (SSSR count). The van der Waals surface area contributed by atoms with Crippen molar-refractivity contribution in [3.63, 3.8) is 0 Å². The third-order valence-electron chi connectivity index (χ3n) is 5.87. The lowest BCUT2D eigenvalue weighted by atomic mass is 9.98. The molecule has 39 heavy (non-hydrogen) atoms. The zero-order valence-electron chi connectivity index (χ0n) is 21.4. The van der Waals surface area contributed by atoms with E-state index in [0.717, 1.165) is 6.92 Å². The Labute approximate surface area is 225 Å². The maximum Gasteiger partial charge on any atom is 0.341 e. The van der Waals surface area contributed by atoms with Gasteiger partial charge in [0.2, 0.25) is 17.2 Å². The van der Waals surface area contributed by atoms with Gasteiger partial charge in [-0.1, -0.05) is 0 Å². The molecule has 4 aromatic heterocycles. The number of aromatic nitrogens is 5. The number of hydrogen-bond acceptors (Lipinski definition) is 10. The van der Waals surface area contributed by atoms with E-state index >= 15 is 0 Å². The van der Waals surface area contributed by atoms with Crippen LogP contribution >= 0.6 is 11.3 Å². The number of carboxylic acids is 2. The number of ether oxygens (including phenoxy) is 1. The van der Waals surface area contributed by atoms with Crippen LogP contribution < -0.4 is 20.4 Å². The number of anilines is 2. The monoisotopic (exact) mass is 555 g/mol. The SMILES string of the molecule is CC(=O)O.COc1cc(NC(=O)C2CN(c3cc(C)c4c(=O)c(C(=O)O)cn(-c5nccs5)c4n3)C2)nn1C. The molecule has 1 aliphatic rings. The number of carbonyl (C=O) groups excluding carboxylic acids is 1. The molecule has 0 bridgehead atoms. The van der Waals surface area contributed by atoms with E-state index in [-0.39, 0.29) is 22.8 Å². The molecule has 0 radical (unpaired) electrons. The summed E-state index contributed by atoms with van der Waals surface area (Å²) >= 11 is 1.30. The van der Waals surface area contributed by atoms with Crippen molar-refractivity contribution in [2.75, 3.05) is 30.4 Å². The average Bonchev–Trinajstić information content (AvgIpc) is 3.47. The first kappa shape index (κ1) is 27.3. The van der Waals surface area contributed by atoms with Gasteiger partial charge in [-0.05, 0) is 18.6 Å². The van der Waals surface area contributed by atoms with Crippen LogP contribution in [0.25, 0.3) is 16.2 Å². The van der Waals surface area contributed by atoms with Crippen molar-refractivity contribution in [1.82, 2.24) is 24.3 Å². The second-order valence-corrected chi connectivity index (χ2v) is 9.54. The third kappa shape index (κ3) is 5.57. The van der Waals surface area contributed by atoms with Gasteiger partial charge in [0.05, 0.1) is 18.4 Å². The number of nitrogens with one attached hydrogen (secondary N) is 1. The van der Waals surface area contributed by atoms with Crippen LogP contribution in [0.5, 0.6) is 5.88 Å². The number of hydrogen-bond donors (Lipinski definition) is 3. The van der Waals surface area contributed by atoms with Crippen molar-refractivity contribution in [2.24, 2.45) is 13.0 Å². The zero-order valence-corrected chi connectivity index (χ0v) is 22.2. The zero-order chi connectivity index (χ0) is 28.4. The van der Waals surface area contributed by atoms with Gasteiger partial charge < -0.3 is 25.2 Å². The van der Waals surface area contributed by atoms with Gasteiger partial charge in [-0.3, -0.25) is 19.0 Å². The molecule has 0 saturated carbocycles. The first-order chi connectivity index (χ1) is 18.5. The van der Waals surface area contributed by atoms with Crippen molar-refractivity contribution in [1.29, 1.82) is 0 Å². The van der Waals surface area contributed by atoms with Crippen molar-refractivity contribution < 1.29 is 29.3 Å². The number of thiazole rings is 1. The van der Waals surface area contributed by atoms with Gasteiger partial charge in [0.25, 0.3) is 5.97 Å². The highest BCUT2D eigenvalue weighted by Gasteiger charge is 2.34. The number of aryl methyl sites for hydroxylation is 2. The van der Waals surface area contributed by atoms with Crippen molar-refractivity contribution in [2.45, 2.75) is 13.8 Å². The summed E-state index contributed by atoms with van der Waals surface area (Å²) in [5.41, 5.74) is -0.0315. The summed E-state index contributed by atoms with van der Waals surface area (Å²) < 4.78 is 8.22. The van der Waals surface area contributed by atoms with E-state index in [1.165, 1.54) is 33.9 Å². The quantitative estimate of drug-likeness (QED) is 0.315. The van der Waals surface area contributed by atoms with Crippen LogP contribution in [0.15, 0.2) is 34.7 Å². The Balaban J connectivity index is 0.000000826. The molecule has 4 aromatic rings. The number of methoxy groups -OCH3 is 1. The van der Waals surface area contributed by atoms with Crippen LogP contribution in [0.4, 0.5) is 11.6 Å². The van der Waals surface area contributed by atoms with Gasteiger partial charge in [-0.15, -0.1) is 11.3 Å². The molecule has 5 heterocycles. The molecule has 1 aliphatic heterocycles. The molecule has 1 saturated heterocycles. The van der Waals surface area contributed by atoms with E-state index < -0.39 is 17.4 Å². The lowest BCUT2D eigenvalue weighted by molar-refractivity contribution is -0.134. The second-order valence-electron chi connectivity index (χ2n) is 8.66. The number of aliphatic carboxylic acids is 1. The number of aromatic carboxylic acids is 1. The molecule has 1 amide bonds. The minimum Gasteiger partial charge on any atom is -0.481 e. The molecule has 0 spiro atoms. The van der Waals surface area contributed by atoms with Crippen LogP contribution in [-0.2, 0) is 16.6 Å². The predicted molar refractivity (Wildman–Crippen MR) is 142 cm³/mol. The van der Waals surface area contributed by atoms with E-state index in [9.17, 15) is 19.5 Å². The lowest BCUT2D eigenvalue weighted by Crippen LogP contribution is -2.52. The summed E-state index contributed by atoms with van der Waals surface area (Å²) in [6.07, 6.45) is 2.85. The molecule has 1 fully saturated rings. The van der Waals surface area contributed by atoms with Crippen molar-refractivity contribution >= 4 is 51.9 Å². The molecule has 3 N–H and O–H groups in total. The fourth-order valence-electron chi connectivity index (χ4n) is 4.03. The Hall–Kier alpha value is -4.79. The normalized spacial score (nSPS) is 12.9. The van der Waals surface area contributed by atoms with Gasteiger partial charge in [-0.2, -0.15) is 5.10 Å². The van der Waals surface area contributed by atoms with Gasteiger partial charge >= 0.3 is 5.97 Å². The maximum absolute atomic E-state index is 12.9. The summed E-state index contributed by atoms with van der Waals surface area (Å²) in [6, 6.07) is 3.38. The summed E-state index contributed by atoms with van der Waals surface area (Å²) in [6.45, 7) is 3.69. The fraction of sp³-hybridized carbons (Fsp3) is 0.292. The van der Waals surface area contributed by atoms with E-state index in [0.29, 0.717) is 46.9 Å². The first-order valence-electron chi connectivity index (χ1n) is 11.5. The van der Waals surface area contributed by atoms with E-state index in [4.69, 9.17) is 14.6 Å². The molecule has 15 heteroatoms. The van der Waals surface area contributed by atoms with E-state index in [1.54, 1.807) is 37.7 Å². The topological polar surface area (TPSA) is 182 Å². The van der Waals surface area contributed by atoms with Crippen LogP contribution in [-0.4, -0.2) is 72.6 Å². The predicted octanol–water partition coefficient (Wildman–Crippen LogP) is 1.76. The minimum atomic E-state index is -1.31. The summed E-state index contributed by atoms with van der Waals surface area (Å²) in [4.78, 5) is 57.1. The summed E-state index contributed by atoms with van der Waals surface area (Å²) in [5.74, 6) is -1.04. The number of carbonyl (C=O) groups is 3. The van der Waals surface area contributed by atoms with Crippen molar-refractivity contribution in [3.05, 3.63) is 51.3 Å². The number of pyridine rings is 2. The number of nitrogens with zero attached hydrogens (tertiary/aromatic N) is 6. The Morgan fingerprint density at radius 3 is 2.46 bits per heavy atom. The van der Waals surface area contributed by atoms with Crippen LogP contribution in [0, 0.1) is 12.8 Å². The smallest absolute Gasteiger partial charge is 0.341 e. The highest BCUT2D eigenvalue weighted by molar-refractivity contribution is 7.12. The Bertz CT molecular complexity index is 1620. The highest BCUT2D eigenvalue weighted by atomic mass is 32.1. The molecular weight excluding hydrogens is 530 g/mol. The Morgan fingerprint density at radius 1 is 1.21 bits per heavy atom. The molecule has 0 aromatic carbocycles. The molecule has 204 valence electrons. The highest BCUT2D eigenvalue weighted by Crippen LogP contribution is 2.29. The van der Waals surface area contributed by atoms with E-state index in [1.807, 2.05) is 4.90 Å². The largest absolute Gasteiger partial charge is 0.481 e. The van der Waals surface area contributed by atoms with E-state index in [2.05, 4.69) is 20.4 Å². The van der Waals surface area contributed by atoms with Gasteiger partial charge in [-0.25, -0.2) is 19.4 Å². The van der Waals surface area contributed by atoms with Crippen LogP contribution in [0.2, 0.25) is 0 Å². The molecular formula is C24H25N7O7S. The molecule has 0 atom stereocenters. The van der Waals surface area contributed by atoms with Gasteiger partial charge in [0.1, 0.15) is 11.4 Å². The maximum atomic E-state index is 12.9. The lowest BCUT2D eigenvalue weighted by Gasteiger charge is -2.39. The Morgan fingerprint density at radius 2 is 1.90 bits per heavy atom. The van der Waals surface area contributed by atoms with Crippen LogP contribution in [0.3, 0.4) is 0 Å². The number of fused-ring (bicyclic) bond motifs is 1. The molecule has 0 unspecified atom stereocenters. The second kappa shape index (κ2) is 10.9. The molecule has 14 nitrogen and oxygen atoms in total. The molecule has 0 aliphatic carbocycles. The minimum absolute atomic E-state index is 0.162. The number of amides is 1. The van der Waals surface area contributed by atoms with Gasteiger partial charge in [0.15, 0.2) is 16.6 Å². The third-order valence-corrected chi connectivity index (χ3v) is 6.64. The number of carboxylic acid groups (broad SMARTS) is 2. The summed E-state index contributed by atoms with van der Waals surface area (Å²) in [5, 5.41) is 26.4. The standard InChI is InChI=1S/C22H21N7O5S.C2H4O2/c1-11-6-15(28-8-12(9-28)20(31)24-14-7-16(34-3)27(2)26-14)25-19-17(11)18(30)13(21(32)33)10-29(19)22-23-4-5-35-22;1-2(3)4/h4-7,10,12H,8-9H2,1-3H3,(H,32,33)(H,24,26,31);1H3,(H,3,4). The fourth-order valence-corrected chi connectivity index (χ4v) is 4.65. The van der Waals surface area contributed by atoms with Gasteiger partial charge in [0, 0.05) is 50.9 Å². The van der Waals surface area contributed by atoms with Crippen LogP contribution in [0.1, 0.15) is 22.8 Å². The Kier molecular flexibility index (Phi) is 7.62.